The van der Waals surface area contributed by atoms with Gasteiger partial charge in [0.15, 0.2) is 0 Å². The van der Waals surface area contributed by atoms with Crippen LogP contribution in [0.3, 0.4) is 0 Å². The summed E-state index contributed by atoms with van der Waals surface area (Å²) in [5.41, 5.74) is 0.965. The van der Waals surface area contributed by atoms with Crippen LogP contribution in [0.2, 0.25) is 0 Å². The molecule has 0 spiro atoms. The van der Waals surface area contributed by atoms with E-state index in [1.807, 2.05) is 0 Å². The van der Waals surface area contributed by atoms with Crippen molar-refractivity contribution in [2.45, 2.75) is 89.6 Å². The summed E-state index contributed by atoms with van der Waals surface area (Å²) in [6, 6.07) is 0. The molecule has 2 rings (SSSR count). The lowest BCUT2D eigenvalue weighted by molar-refractivity contribution is -0.156. The van der Waals surface area contributed by atoms with Crippen molar-refractivity contribution >= 4 is 5.97 Å². The third-order valence-corrected chi connectivity index (χ3v) is 4.37. The molecule has 2 nitrogen and oxygen atoms in total. The second-order valence-electron chi connectivity index (χ2n) is 6.02. The molecule has 0 N–H and O–H groups in total. The molecule has 1 unspecified atom stereocenters. The van der Waals surface area contributed by atoms with E-state index >= 15 is 0 Å². The average molecular weight is 264 g/mol. The lowest BCUT2D eigenvalue weighted by atomic mass is 9.95. The summed E-state index contributed by atoms with van der Waals surface area (Å²) in [5.74, 6) is -0.0638. The van der Waals surface area contributed by atoms with E-state index in [1.54, 1.807) is 0 Å². The van der Waals surface area contributed by atoms with Crippen molar-refractivity contribution in [1.82, 2.24) is 0 Å². The molecule has 1 heterocycles. The van der Waals surface area contributed by atoms with E-state index in [0.717, 1.165) is 18.4 Å². The summed E-state index contributed by atoms with van der Waals surface area (Å²) in [7, 11) is 0. The summed E-state index contributed by atoms with van der Waals surface area (Å²) in [6.45, 7) is 0. The van der Waals surface area contributed by atoms with E-state index in [2.05, 4.69) is 6.08 Å². The molecule has 1 atom stereocenters. The van der Waals surface area contributed by atoms with Crippen molar-refractivity contribution in [2.24, 2.45) is 0 Å². The molecule has 0 aromatic carbocycles. The zero-order valence-corrected chi connectivity index (χ0v) is 12.2. The van der Waals surface area contributed by atoms with Gasteiger partial charge in [-0.3, -0.25) is 0 Å². The number of esters is 1. The number of fused-ring (bicyclic) bond motifs is 1. The first-order valence-corrected chi connectivity index (χ1v) is 8.29. The van der Waals surface area contributed by atoms with E-state index in [1.165, 1.54) is 70.6 Å². The molecule has 2 heteroatoms. The molecule has 0 aromatic heterocycles. The third kappa shape index (κ3) is 5.00. The van der Waals surface area contributed by atoms with Crippen LogP contribution in [0.1, 0.15) is 83.5 Å². The normalized spacial score (nSPS) is 30.4. The van der Waals surface area contributed by atoms with Crippen LogP contribution in [0, 0.1) is 0 Å². The average Bonchev–Trinajstić information content (AvgIpc) is 2.40. The van der Waals surface area contributed by atoms with Crippen LogP contribution in [0.15, 0.2) is 11.6 Å². The van der Waals surface area contributed by atoms with E-state index in [4.69, 9.17) is 4.74 Å². The molecule has 1 aliphatic carbocycles. The molecular formula is C17H28O2. The van der Waals surface area contributed by atoms with Crippen molar-refractivity contribution in [3.8, 4) is 0 Å². The smallest absolute Gasteiger partial charge is 0.338 e. The fourth-order valence-corrected chi connectivity index (χ4v) is 3.09. The monoisotopic (exact) mass is 264 g/mol. The van der Waals surface area contributed by atoms with Crippen LogP contribution in [0.5, 0.6) is 0 Å². The van der Waals surface area contributed by atoms with Gasteiger partial charge in [-0.15, -0.1) is 0 Å². The van der Waals surface area contributed by atoms with Gasteiger partial charge in [0.25, 0.3) is 0 Å². The fourth-order valence-electron chi connectivity index (χ4n) is 3.09. The quantitative estimate of drug-likeness (QED) is 0.580. The molecule has 0 radical (unpaired) electrons. The number of ether oxygens (including phenoxy) is 1. The van der Waals surface area contributed by atoms with Crippen LogP contribution in [-0.2, 0) is 9.53 Å². The van der Waals surface area contributed by atoms with Crippen LogP contribution >= 0.6 is 0 Å². The number of carbonyl (C=O) groups excluding carboxylic acids is 1. The highest BCUT2D eigenvalue weighted by atomic mass is 16.6. The Bertz CT molecular complexity index is 306. The number of hydrogen-bond acceptors (Lipinski definition) is 2. The summed E-state index contributed by atoms with van der Waals surface area (Å²) in [5, 5.41) is 0. The Morgan fingerprint density at radius 1 is 0.789 bits per heavy atom. The highest BCUT2D eigenvalue weighted by molar-refractivity contribution is 5.95. The molecule has 0 amide bonds. The molecule has 1 aliphatic heterocycles. The van der Waals surface area contributed by atoms with Gasteiger partial charge in [0.1, 0.15) is 6.10 Å². The van der Waals surface area contributed by atoms with Gasteiger partial charge in [-0.1, -0.05) is 63.9 Å². The van der Waals surface area contributed by atoms with E-state index in [-0.39, 0.29) is 12.1 Å². The lowest BCUT2D eigenvalue weighted by Gasteiger charge is -2.29. The molecule has 19 heavy (non-hydrogen) atoms. The fraction of sp³-hybridized carbons (Fsp3) is 0.824. The molecular weight excluding hydrogens is 236 g/mol. The maximum absolute atomic E-state index is 11.4. The topological polar surface area (TPSA) is 26.3 Å². The van der Waals surface area contributed by atoms with Gasteiger partial charge >= 0.3 is 5.97 Å². The predicted molar refractivity (Wildman–Crippen MR) is 78.0 cm³/mol. The maximum Gasteiger partial charge on any atom is 0.338 e. The molecule has 1 saturated heterocycles. The van der Waals surface area contributed by atoms with Crippen LogP contribution < -0.4 is 0 Å². The first kappa shape index (κ1) is 14.6. The molecule has 0 bridgehead atoms. The Balaban J connectivity index is 1.76. The van der Waals surface area contributed by atoms with Gasteiger partial charge in [-0.2, -0.15) is 0 Å². The standard InChI is InChI=1S/C17H28O2/c18-17-15-13-11-9-7-5-3-1-2-4-6-8-10-12-14-16(15)19-17/h13,16H,1-12,14H2/b15-13+. The highest BCUT2D eigenvalue weighted by Crippen LogP contribution is 2.27. The van der Waals surface area contributed by atoms with Gasteiger partial charge in [-0.05, 0) is 25.7 Å². The summed E-state index contributed by atoms with van der Waals surface area (Å²) < 4.78 is 5.24. The van der Waals surface area contributed by atoms with Crippen molar-refractivity contribution in [3.63, 3.8) is 0 Å². The van der Waals surface area contributed by atoms with Gasteiger partial charge in [0, 0.05) is 0 Å². The van der Waals surface area contributed by atoms with Crippen molar-refractivity contribution in [1.29, 1.82) is 0 Å². The number of carbonyl (C=O) groups is 1. The maximum atomic E-state index is 11.4. The summed E-state index contributed by atoms with van der Waals surface area (Å²) in [4.78, 5) is 11.4. The van der Waals surface area contributed by atoms with Crippen LogP contribution in [0.4, 0.5) is 0 Å². The second-order valence-corrected chi connectivity index (χ2v) is 6.02. The van der Waals surface area contributed by atoms with Crippen LogP contribution in [-0.4, -0.2) is 12.1 Å². The van der Waals surface area contributed by atoms with Crippen LogP contribution in [0.25, 0.3) is 0 Å². The Kier molecular flexibility index (Phi) is 6.46. The predicted octanol–water partition coefficient (Wildman–Crippen LogP) is 4.92. The minimum Gasteiger partial charge on any atom is -0.454 e. The molecule has 1 fully saturated rings. The Morgan fingerprint density at radius 2 is 1.32 bits per heavy atom. The minimum atomic E-state index is -0.0638. The van der Waals surface area contributed by atoms with E-state index < -0.39 is 0 Å². The summed E-state index contributed by atoms with van der Waals surface area (Å²) >= 11 is 0. The molecule has 0 saturated carbocycles. The lowest BCUT2D eigenvalue weighted by Crippen LogP contribution is -2.36. The number of hydrogen-bond donors (Lipinski definition) is 0. The van der Waals surface area contributed by atoms with Gasteiger partial charge in [0.05, 0.1) is 5.57 Å². The minimum absolute atomic E-state index is 0.0638. The Morgan fingerprint density at radius 3 is 1.89 bits per heavy atom. The molecule has 2 aliphatic rings. The van der Waals surface area contributed by atoms with E-state index in [0.29, 0.717) is 0 Å². The second kappa shape index (κ2) is 8.39. The summed E-state index contributed by atoms with van der Waals surface area (Å²) in [6.07, 6.45) is 19.1. The number of allylic oxidation sites excluding steroid dienone is 1. The first-order valence-electron chi connectivity index (χ1n) is 8.29. The van der Waals surface area contributed by atoms with Crippen molar-refractivity contribution < 1.29 is 9.53 Å². The zero-order chi connectivity index (χ0) is 13.3. The Labute approximate surface area is 117 Å². The van der Waals surface area contributed by atoms with Gasteiger partial charge in [-0.25, -0.2) is 4.79 Å². The van der Waals surface area contributed by atoms with Gasteiger partial charge < -0.3 is 4.74 Å². The molecule has 0 aromatic rings. The SMILES string of the molecule is O=C1OC2CCCCCCCCCCCCC/C=C/12. The first-order chi connectivity index (χ1) is 9.38. The highest BCUT2D eigenvalue weighted by Gasteiger charge is 2.34. The molecule has 108 valence electrons. The number of rotatable bonds is 0. The third-order valence-electron chi connectivity index (χ3n) is 4.37. The zero-order valence-electron chi connectivity index (χ0n) is 12.2. The van der Waals surface area contributed by atoms with Crippen molar-refractivity contribution in [3.05, 3.63) is 11.6 Å². The van der Waals surface area contributed by atoms with Crippen molar-refractivity contribution in [2.75, 3.05) is 0 Å². The largest absolute Gasteiger partial charge is 0.454 e. The van der Waals surface area contributed by atoms with E-state index in [9.17, 15) is 4.79 Å². The Hall–Kier alpha value is -0.790. The van der Waals surface area contributed by atoms with Gasteiger partial charge in [0.2, 0.25) is 0 Å².